The summed E-state index contributed by atoms with van der Waals surface area (Å²) in [7, 11) is 5.94. The number of halogens is 1. The molecule has 0 spiro atoms. The zero-order valence-electron chi connectivity index (χ0n) is 15.9. The van der Waals surface area contributed by atoms with Crippen molar-refractivity contribution in [3.8, 4) is 0 Å². The lowest BCUT2D eigenvalue weighted by Gasteiger charge is -2.32. The van der Waals surface area contributed by atoms with Crippen molar-refractivity contribution in [2.75, 3.05) is 33.7 Å². The molecule has 1 saturated heterocycles. The summed E-state index contributed by atoms with van der Waals surface area (Å²) in [5.41, 5.74) is 1.16. The molecule has 1 atom stereocenters. The second-order valence-electron chi connectivity index (χ2n) is 7.24. The number of aryl methyl sites for hydroxylation is 1. The average Bonchev–Trinajstić information content (AvgIpc) is 3.20. The van der Waals surface area contributed by atoms with Crippen molar-refractivity contribution in [1.82, 2.24) is 29.1 Å². The zero-order valence-corrected chi connectivity index (χ0v) is 16.7. The van der Waals surface area contributed by atoms with Crippen molar-refractivity contribution in [2.24, 2.45) is 7.05 Å². The van der Waals surface area contributed by atoms with Gasteiger partial charge in [-0.2, -0.15) is 5.10 Å². The van der Waals surface area contributed by atoms with Gasteiger partial charge in [0.2, 0.25) is 0 Å². The zero-order chi connectivity index (χ0) is 18.8. The van der Waals surface area contributed by atoms with Crippen LogP contribution in [0.4, 0.5) is 0 Å². The highest BCUT2D eigenvalue weighted by molar-refractivity contribution is 6.34. The maximum absolute atomic E-state index is 12.9. The van der Waals surface area contributed by atoms with E-state index >= 15 is 0 Å². The van der Waals surface area contributed by atoms with E-state index in [1.54, 1.807) is 11.7 Å². The minimum Gasteiger partial charge on any atom is -0.336 e. The van der Waals surface area contributed by atoms with Crippen LogP contribution in [0.2, 0.25) is 5.02 Å². The third-order valence-electron chi connectivity index (χ3n) is 5.07. The maximum atomic E-state index is 12.9. The monoisotopic (exact) mass is 378 g/mol. The lowest BCUT2D eigenvalue weighted by Crippen LogP contribution is -2.40. The van der Waals surface area contributed by atoms with Gasteiger partial charge in [-0.05, 0) is 33.9 Å². The molecule has 3 rings (SSSR count). The molecule has 1 aliphatic rings. The first-order valence-corrected chi connectivity index (χ1v) is 9.40. The fourth-order valence-electron chi connectivity index (χ4n) is 3.42. The van der Waals surface area contributed by atoms with Gasteiger partial charge in [-0.25, -0.2) is 4.98 Å². The van der Waals surface area contributed by atoms with Crippen LogP contribution in [-0.2, 0) is 13.6 Å². The Morgan fingerprint density at radius 1 is 1.42 bits per heavy atom. The highest BCUT2D eigenvalue weighted by Crippen LogP contribution is 2.28. The second kappa shape index (κ2) is 7.80. The number of carbonyl (C=O) groups is 1. The molecule has 142 valence electrons. The summed E-state index contributed by atoms with van der Waals surface area (Å²) in [6.07, 6.45) is 5.88. The van der Waals surface area contributed by atoms with Crippen LogP contribution >= 0.6 is 11.6 Å². The molecule has 1 aliphatic heterocycles. The molecule has 8 heteroatoms. The Kier molecular flexibility index (Phi) is 5.67. The third kappa shape index (κ3) is 3.78. The van der Waals surface area contributed by atoms with Crippen molar-refractivity contribution < 1.29 is 4.79 Å². The van der Waals surface area contributed by atoms with Gasteiger partial charge in [0.25, 0.3) is 5.91 Å². The number of aromatic nitrogens is 4. The van der Waals surface area contributed by atoms with Crippen LogP contribution in [0, 0.1) is 6.92 Å². The highest BCUT2D eigenvalue weighted by atomic mass is 35.5. The Balaban J connectivity index is 1.74. The number of likely N-dealkylation sites (tertiary alicyclic amines) is 1. The van der Waals surface area contributed by atoms with Gasteiger partial charge in [-0.3, -0.25) is 9.48 Å². The van der Waals surface area contributed by atoms with E-state index in [2.05, 4.69) is 33.6 Å². The van der Waals surface area contributed by atoms with Gasteiger partial charge in [-0.1, -0.05) is 11.6 Å². The third-order valence-corrected chi connectivity index (χ3v) is 5.53. The topological polar surface area (TPSA) is 59.2 Å². The van der Waals surface area contributed by atoms with Crippen LogP contribution in [0.3, 0.4) is 0 Å². The molecule has 3 heterocycles. The summed E-state index contributed by atoms with van der Waals surface area (Å²) in [6, 6.07) is 0. The largest absolute Gasteiger partial charge is 0.336 e. The Bertz CT molecular complexity index is 781. The molecule has 1 amide bonds. The van der Waals surface area contributed by atoms with E-state index in [0.29, 0.717) is 17.3 Å². The second-order valence-corrected chi connectivity index (χ2v) is 7.62. The first-order chi connectivity index (χ1) is 12.4. The van der Waals surface area contributed by atoms with E-state index in [4.69, 9.17) is 11.6 Å². The molecular weight excluding hydrogens is 352 g/mol. The van der Waals surface area contributed by atoms with E-state index in [0.717, 1.165) is 44.0 Å². The molecule has 0 N–H and O–H groups in total. The Hall–Kier alpha value is -1.86. The summed E-state index contributed by atoms with van der Waals surface area (Å²) in [6.45, 7) is 5.12. The van der Waals surface area contributed by atoms with Gasteiger partial charge >= 0.3 is 0 Å². The van der Waals surface area contributed by atoms with Crippen LogP contribution in [0.15, 0.2) is 12.4 Å². The van der Waals surface area contributed by atoms with Crippen LogP contribution < -0.4 is 0 Å². The van der Waals surface area contributed by atoms with E-state index in [-0.39, 0.29) is 11.8 Å². The summed E-state index contributed by atoms with van der Waals surface area (Å²) in [5.74, 6) is 1.22. The van der Waals surface area contributed by atoms with Crippen molar-refractivity contribution in [2.45, 2.75) is 32.2 Å². The van der Waals surface area contributed by atoms with Crippen molar-refractivity contribution >= 4 is 17.5 Å². The number of hydrogen-bond donors (Lipinski definition) is 0. The first kappa shape index (κ1) is 18.9. The van der Waals surface area contributed by atoms with Gasteiger partial charge in [0, 0.05) is 51.5 Å². The highest BCUT2D eigenvalue weighted by Gasteiger charge is 2.30. The summed E-state index contributed by atoms with van der Waals surface area (Å²) >= 11 is 6.31. The molecule has 0 aromatic carbocycles. The molecule has 2 aromatic heterocycles. The predicted octanol–water partition coefficient (Wildman–Crippen LogP) is 2.16. The molecule has 0 aliphatic carbocycles. The number of likely N-dealkylation sites (N-methyl/N-ethyl adjacent to an activating group) is 1. The molecule has 0 saturated carbocycles. The van der Waals surface area contributed by atoms with E-state index in [1.807, 2.05) is 24.2 Å². The van der Waals surface area contributed by atoms with Crippen LogP contribution in [0.1, 0.15) is 40.8 Å². The van der Waals surface area contributed by atoms with Gasteiger partial charge in [-0.15, -0.1) is 0 Å². The number of hydrogen-bond acceptors (Lipinski definition) is 4. The Morgan fingerprint density at radius 2 is 2.19 bits per heavy atom. The summed E-state index contributed by atoms with van der Waals surface area (Å²) in [5, 5.41) is 4.76. The van der Waals surface area contributed by atoms with Gasteiger partial charge in [0.1, 0.15) is 5.82 Å². The minimum atomic E-state index is -0.0882. The number of nitrogens with zero attached hydrogens (tertiary/aromatic N) is 6. The quantitative estimate of drug-likeness (QED) is 0.800. The van der Waals surface area contributed by atoms with E-state index in [1.165, 1.54) is 0 Å². The number of carbonyl (C=O) groups excluding carboxylic acids is 1. The van der Waals surface area contributed by atoms with Gasteiger partial charge < -0.3 is 14.4 Å². The van der Waals surface area contributed by atoms with Crippen molar-refractivity contribution in [1.29, 1.82) is 0 Å². The molecule has 0 unspecified atom stereocenters. The normalized spacial score (nSPS) is 17.9. The maximum Gasteiger partial charge on any atom is 0.275 e. The van der Waals surface area contributed by atoms with Gasteiger partial charge in [0.05, 0.1) is 10.7 Å². The van der Waals surface area contributed by atoms with Gasteiger partial charge in [0.15, 0.2) is 5.69 Å². The molecule has 2 aromatic rings. The van der Waals surface area contributed by atoms with Crippen LogP contribution in [-0.4, -0.2) is 68.8 Å². The average molecular weight is 379 g/mol. The van der Waals surface area contributed by atoms with Crippen LogP contribution in [0.25, 0.3) is 0 Å². The molecule has 0 radical (unpaired) electrons. The molecule has 7 nitrogen and oxygen atoms in total. The van der Waals surface area contributed by atoms with E-state index < -0.39 is 0 Å². The van der Waals surface area contributed by atoms with E-state index in [9.17, 15) is 4.79 Å². The minimum absolute atomic E-state index is 0.0882. The van der Waals surface area contributed by atoms with Crippen molar-refractivity contribution in [3.05, 3.63) is 34.6 Å². The molecule has 0 bridgehead atoms. The van der Waals surface area contributed by atoms with Crippen LogP contribution in [0.5, 0.6) is 0 Å². The molecular formula is C18H27ClN6O. The Morgan fingerprint density at radius 3 is 2.85 bits per heavy atom. The number of piperidine rings is 1. The Labute approximate surface area is 159 Å². The molecule has 26 heavy (non-hydrogen) atoms. The fraction of sp³-hybridized carbons (Fsp3) is 0.611. The standard InChI is InChI=1S/C18H27ClN6O/c1-13-15(19)16(21-23(13)4)18(26)25-8-5-6-14(12-25)17-20-7-9-24(17)11-10-22(2)3/h7,9,14H,5-6,8,10-12H2,1-4H3/t14-/m0/s1. The fourth-order valence-corrected chi connectivity index (χ4v) is 3.66. The predicted molar refractivity (Wildman–Crippen MR) is 102 cm³/mol. The number of amides is 1. The summed E-state index contributed by atoms with van der Waals surface area (Å²) < 4.78 is 3.86. The smallest absolute Gasteiger partial charge is 0.275 e. The van der Waals surface area contributed by atoms with Crippen molar-refractivity contribution in [3.63, 3.8) is 0 Å². The molecule has 1 fully saturated rings. The SMILES string of the molecule is Cc1c(Cl)c(C(=O)N2CCC[C@H](c3nccn3CCN(C)C)C2)nn1C. The summed E-state index contributed by atoms with van der Waals surface area (Å²) in [4.78, 5) is 21.5. The lowest BCUT2D eigenvalue weighted by molar-refractivity contribution is 0.0696. The lowest BCUT2D eigenvalue weighted by atomic mass is 9.96. The first-order valence-electron chi connectivity index (χ1n) is 9.02. The number of imidazole rings is 1. The number of rotatable bonds is 5.